The number of benzene rings is 2. The van der Waals surface area contributed by atoms with Gasteiger partial charge in [0.2, 0.25) is 0 Å². The van der Waals surface area contributed by atoms with Crippen molar-refractivity contribution < 1.29 is 8.42 Å². The van der Waals surface area contributed by atoms with Crippen molar-refractivity contribution in [2.24, 2.45) is 0 Å². The molecule has 4 aromatic heterocycles. The van der Waals surface area contributed by atoms with Gasteiger partial charge in [0.05, 0.1) is 12.1 Å². The fourth-order valence-corrected chi connectivity index (χ4v) is 7.55. The third kappa shape index (κ3) is 5.68. The molecule has 0 fully saturated rings. The molecule has 13 heteroatoms. The summed E-state index contributed by atoms with van der Waals surface area (Å²) in [4.78, 5) is 18.9. The monoisotopic (exact) mass is 631 g/mol. The number of aryl methyl sites for hydroxylation is 2. The minimum absolute atomic E-state index is 0.132. The first-order chi connectivity index (χ1) is 20.8. The normalized spacial score (nSPS) is 11.7. The van der Waals surface area contributed by atoms with E-state index < -0.39 is 10.0 Å². The van der Waals surface area contributed by atoms with Gasteiger partial charge in [0, 0.05) is 32.9 Å². The number of fused-ring (bicyclic) bond motifs is 1. The number of thiophene rings is 1. The molecule has 2 N–H and O–H groups in total. The number of hydrogen-bond donors (Lipinski definition) is 2. The molecule has 0 aliphatic rings. The largest absolute Gasteiger partial charge is 0.303 e. The second-order valence-corrected chi connectivity index (χ2v) is 13.0. The number of nitrogens with zero attached hydrogens (tertiary/aromatic N) is 5. The molecule has 6 rings (SSSR count). The minimum atomic E-state index is -3.93. The minimum Gasteiger partial charge on any atom is -0.303 e. The molecule has 0 unspecified atom stereocenters. The summed E-state index contributed by atoms with van der Waals surface area (Å²) in [5, 5.41) is 16.2. The van der Waals surface area contributed by atoms with Crippen molar-refractivity contribution in [3.05, 3.63) is 104 Å². The Morgan fingerprint density at radius 3 is 2.49 bits per heavy atom. The Bertz CT molecular complexity index is 2110. The lowest BCUT2D eigenvalue weighted by atomic mass is 10.0. The molecule has 0 radical (unpaired) electrons. The maximum Gasteiger partial charge on any atom is 0.276 e. The van der Waals surface area contributed by atoms with Gasteiger partial charge < -0.3 is 4.57 Å². The van der Waals surface area contributed by atoms with Gasteiger partial charge in [-0.1, -0.05) is 66.9 Å². The molecular formula is C30H26ClN7O3S2. The number of rotatable bonds is 9. The van der Waals surface area contributed by atoms with Crippen molar-refractivity contribution >= 4 is 49.8 Å². The summed E-state index contributed by atoms with van der Waals surface area (Å²) in [5.41, 5.74) is 5.98. The van der Waals surface area contributed by atoms with E-state index in [1.165, 1.54) is 0 Å². The van der Waals surface area contributed by atoms with Gasteiger partial charge in [0.1, 0.15) is 4.21 Å². The molecule has 0 saturated carbocycles. The molecule has 0 amide bonds. The van der Waals surface area contributed by atoms with Gasteiger partial charge in [-0.25, -0.2) is 13.1 Å². The van der Waals surface area contributed by atoms with E-state index in [1.807, 2.05) is 55.5 Å². The second-order valence-electron chi connectivity index (χ2n) is 9.82. The number of aromatic nitrogens is 6. The number of anilines is 1. The zero-order valence-corrected chi connectivity index (χ0v) is 25.6. The van der Waals surface area contributed by atoms with Crippen molar-refractivity contribution in [1.29, 1.82) is 0 Å². The van der Waals surface area contributed by atoms with Crippen LogP contribution in [0.25, 0.3) is 33.2 Å². The fraction of sp³-hybridized carbons (Fsp3) is 0.167. The highest BCUT2D eigenvalue weighted by atomic mass is 35.5. The first-order valence-corrected chi connectivity index (χ1v) is 16.3. The zero-order chi connectivity index (χ0) is 30.1. The third-order valence-electron chi connectivity index (χ3n) is 7.11. The number of pyridine rings is 2. The van der Waals surface area contributed by atoms with Gasteiger partial charge in [0.25, 0.3) is 21.5 Å². The molecule has 0 saturated heterocycles. The van der Waals surface area contributed by atoms with Gasteiger partial charge in [-0.2, -0.15) is 5.21 Å². The summed E-state index contributed by atoms with van der Waals surface area (Å²) >= 11 is 7.39. The highest BCUT2D eigenvalue weighted by Crippen LogP contribution is 2.33. The molecule has 0 bridgehead atoms. The quantitative estimate of drug-likeness (QED) is 0.202. The molecule has 2 aromatic carbocycles. The Morgan fingerprint density at radius 2 is 1.79 bits per heavy atom. The molecule has 4 heterocycles. The van der Waals surface area contributed by atoms with Crippen LogP contribution in [0.5, 0.6) is 0 Å². The van der Waals surface area contributed by atoms with Crippen LogP contribution in [0.4, 0.5) is 5.95 Å². The molecule has 43 heavy (non-hydrogen) atoms. The average Bonchev–Trinajstić information content (AvgIpc) is 3.71. The van der Waals surface area contributed by atoms with Crippen molar-refractivity contribution in [1.82, 2.24) is 30.2 Å². The lowest BCUT2D eigenvalue weighted by Crippen LogP contribution is -2.23. The van der Waals surface area contributed by atoms with Crippen LogP contribution >= 0.6 is 22.9 Å². The van der Waals surface area contributed by atoms with E-state index >= 15 is 0 Å². The topological polar surface area (TPSA) is 136 Å². The van der Waals surface area contributed by atoms with Crippen LogP contribution in [0.2, 0.25) is 5.02 Å². The fourth-order valence-electron chi connectivity index (χ4n) is 5.02. The number of aromatic amines is 1. The van der Waals surface area contributed by atoms with Crippen LogP contribution in [0.1, 0.15) is 30.8 Å². The van der Waals surface area contributed by atoms with E-state index in [9.17, 15) is 13.2 Å². The number of sulfonamides is 1. The van der Waals surface area contributed by atoms with E-state index in [4.69, 9.17) is 16.6 Å². The van der Waals surface area contributed by atoms with Gasteiger partial charge in [0.15, 0.2) is 0 Å². The van der Waals surface area contributed by atoms with E-state index in [-0.39, 0.29) is 15.7 Å². The second kappa shape index (κ2) is 11.7. The number of hydrogen-bond acceptors (Lipinski definition) is 8. The van der Waals surface area contributed by atoms with Crippen LogP contribution < -0.4 is 10.3 Å². The third-order valence-corrected chi connectivity index (χ3v) is 10.2. The Morgan fingerprint density at radius 1 is 0.977 bits per heavy atom. The summed E-state index contributed by atoms with van der Waals surface area (Å²) in [5.74, 6) is -0.139. The van der Waals surface area contributed by atoms with E-state index in [0.29, 0.717) is 28.3 Å². The first-order valence-electron chi connectivity index (χ1n) is 13.5. The molecule has 0 aliphatic carbocycles. The summed E-state index contributed by atoms with van der Waals surface area (Å²) in [6.07, 6.45) is 1.47. The highest BCUT2D eigenvalue weighted by molar-refractivity contribution is 7.94. The van der Waals surface area contributed by atoms with Crippen LogP contribution in [0, 0.1) is 0 Å². The van der Waals surface area contributed by atoms with Crippen LogP contribution in [0.15, 0.2) is 81.1 Å². The number of nitrogens with one attached hydrogen (secondary N) is 2. The maximum absolute atomic E-state index is 14.0. The number of tetrazole rings is 1. The van der Waals surface area contributed by atoms with Gasteiger partial charge in [-0.3, -0.25) is 9.78 Å². The molecule has 0 aliphatic heterocycles. The molecule has 10 nitrogen and oxygen atoms in total. The van der Waals surface area contributed by atoms with Gasteiger partial charge in [-0.05, 0) is 70.5 Å². The number of H-pyrrole nitrogens is 1. The Hall–Kier alpha value is -4.39. The molecule has 0 spiro atoms. The summed E-state index contributed by atoms with van der Waals surface area (Å²) in [6, 6.07) is 20.5. The summed E-state index contributed by atoms with van der Waals surface area (Å²) < 4.78 is 30.3. The van der Waals surface area contributed by atoms with E-state index in [1.54, 1.807) is 28.1 Å². The van der Waals surface area contributed by atoms with E-state index in [0.717, 1.165) is 57.6 Å². The van der Waals surface area contributed by atoms with E-state index in [2.05, 4.69) is 32.3 Å². The van der Waals surface area contributed by atoms with Crippen molar-refractivity contribution in [2.45, 2.75) is 37.4 Å². The molecule has 6 aromatic rings. The lowest BCUT2D eigenvalue weighted by molar-refractivity contribution is 0.603. The SMILES string of the molecule is CCc1cc2c(cc(-c3cccc(Cl)c3)c(=O)n2Cc2ccc(-c3ccsc3S(=O)(=O)Nc3nn[nH]n3)cc2)c(CC)n1. The predicted molar refractivity (Wildman–Crippen MR) is 169 cm³/mol. The summed E-state index contributed by atoms with van der Waals surface area (Å²) in [7, 11) is -3.93. The smallest absolute Gasteiger partial charge is 0.276 e. The Balaban J connectivity index is 1.41. The highest BCUT2D eigenvalue weighted by Gasteiger charge is 2.23. The summed E-state index contributed by atoms with van der Waals surface area (Å²) in [6.45, 7) is 4.42. The molecule has 0 atom stereocenters. The Kier molecular flexibility index (Phi) is 7.82. The van der Waals surface area contributed by atoms with Crippen LogP contribution in [-0.4, -0.2) is 38.6 Å². The standard InChI is InChI=1S/C30H26ClN7O3S2/c1-3-22-15-27-25(26(4-2)32-22)16-24(20-6-5-7-21(31)14-20)28(39)38(27)17-18-8-10-19(11-9-18)23-12-13-42-29(23)43(40,41)35-30-33-36-37-34-30/h5-16H,3-4,17H2,1-2H3,(H2,33,34,35,36,37). The van der Waals surface area contributed by atoms with Gasteiger partial charge >= 0.3 is 0 Å². The van der Waals surface area contributed by atoms with Crippen molar-refractivity contribution in [2.75, 3.05) is 4.72 Å². The van der Waals surface area contributed by atoms with Gasteiger partial charge in [-0.15, -0.1) is 16.4 Å². The van der Waals surface area contributed by atoms with Crippen molar-refractivity contribution in [3.8, 4) is 22.3 Å². The zero-order valence-electron chi connectivity index (χ0n) is 23.2. The number of halogens is 1. The average molecular weight is 632 g/mol. The molecule has 218 valence electrons. The lowest BCUT2D eigenvalue weighted by Gasteiger charge is -2.17. The van der Waals surface area contributed by atoms with Crippen molar-refractivity contribution in [3.63, 3.8) is 0 Å². The maximum atomic E-state index is 14.0. The molecular weight excluding hydrogens is 606 g/mol. The van der Waals surface area contributed by atoms with Crippen LogP contribution in [-0.2, 0) is 29.4 Å². The Labute approximate surface area is 256 Å². The first kappa shape index (κ1) is 28.7. The predicted octanol–water partition coefficient (Wildman–Crippen LogP) is 5.93. The van der Waals surface area contributed by atoms with Crippen LogP contribution in [0.3, 0.4) is 0 Å².